The zero-order chi connectivity index (χ0) is 18.4. The third-order valence-electron chi connectivity index (χ3n) is 4.90. The first-order valence-corrected chi connectivity index (χ1v) is 9.50. The van der Waals surface area contributed by atoms with Gasteiger partial charge in [-0.1, -0.05) is 34.6 Å². The van der Waals surface area contributed by atoms with Crippen molar-refractivity contribution in [3.8, 4) is 0 Å². The van der Waals surface area contributed by atoms with Gasteiger partial charge in [0.2, 0.25) is 5.89 Å². The molecular formula is C19H35N5O. The number of guanidine groups is 1. The van der Waals surface area contributed by atoms with Crippen molar-refractivity contribution in [2.45, 2.75) is 53.0 Å². The normalized spacial score (nSPS) is 19.1. The summed E-state index contributed by atoms with van der Waals surface area (Å²) in [7, 11) is 1.84. The van der Waals surface area contributed by atoms with Crippen LogP contribution in [0.1, 0.15) is 52.7 Å². The molecule has 1 aromatic rings. The van der Waals surface area contributed by atoms with Crippen LogP contribution in [0, 0.1) is 5.92 Å². The van der Waals surface area contributed by atoms with Crippen LogP contribution in [0.25, 0.3) is 0 Å². The second-order valence-electron chi connectivity index (χ2n) is 7.86. The molecule has 1 aliphatic rings. The third kappa shape index (κ3) is 5.46. The monoisotopic (exact) mass is 349 g/mol. The van der Waals surface area contributed by atoms with Crippen LogP contribution in [0.15, 0.2) is 15.6 Å². The number of aromatic nitrogens is 1. The Balaban J connectivity index is 1.86. The summed E-state index contributed by atoms with van der Waals surface area (Å²) < 4.78 is 5.85. The average Bonchev–Trinajstić information content (AvgIpc) is 3.22. The summed E-state index contributed by atoms with van der Waals surface area (Å²) in [5.41, 5.74) is -0.0144. The first-order valence-electron chi connectivity index (χ1n) is 9.50. The topological polar surface area (TPSA) is 56.9 Å². The maximum Gasteiger partial charge on any atom is 0.213 e. The molecule has 1 aromatic heterocycles. The van der Waals surface area contributed by atoms with Gasteiger partial charge in [-0.25, -0.2) is 4.98 Å². The molecule has 0 aliphatic carbocycles. The zero-order valence-electron chi connectivity index (χ0n) is 16.8. The molecule has 1 saturated heterocycles. The molecule has 6 nitrogen and oxygen atoms in total. The highest BCUT2D eigenvalue weighted by Crippen LogP contribution is 2.22. The number of nitrogens with zero attached hydrogens (tertiary/aromatic N) is 4. The minimum absolute atomic E-state index is 0.0144. The van der Waals surface area contributed by atoms with Gasteiger partial charge in [-0.3, -0.25) is 4.99 Å². The van der Waals surface area contributed by atoms with Gasteiger partial charge in [-0.05, 0) is 25.4 Å². The van der Waals surface area contributed by atoms with E-state index in [0.717, 1.165) is 37.9 Å². The fourth-order valence-corrected chi connectivity index (χ4v) is 3.25. The van der Waals surface area contributed by atoms with Gasteiger partial charge in [-0.2, -0.15) is 0 Å². The van der Waals surface area contributed by atoms with Crippen LogP contribution in [0.3, 0.4) is 0 Å². The van der Waals surface area contributed by atoms with Gasteiger partial charge < -0.3 is 19.5 Å². The lowest BCUT2D eigenvalue weighted by Gasteiger charge is -2.24. The molecule has 0 aromatic carbocycles. The second kappa shape index (κ2) is 8.70. The predicted octanol–water partition coefficient (Wildman–Crippen LogP) is 2.71. The Kier molecular flexibility index (Phi) is 6.87. The summed E-state index contributed by atoms with van der Waals surface area (Å²) in [6.07, 6.45) is 3.06. The Labute approximate surface area is 152 Å². The van der Waals surface area contributed by atoms with E-state index in [0.29, 0.717) is 18.4 Å². The van der Waals surface area contributed by atoms with E-state index in [9.17, 15) is 0 Å². The number of oxazole rings is 1. The van der Waals surface area contributed by atoms with Gasteiger partial charge >= 0.3 is 0 Å². The quantitative estimate of drug-likeness (QED) is 0.632. The Bertz CT molecular complexity index is 556. The molecular weight excluding hydrogens is 314 g/mol. The average molecular weight is 350 g/mol. The van der Waals surface area contributed by atoms with E-state index in [1.807, 2.05) is 13.2 Å². The Hall–Kier alpha value is -1.56. The first-order chi connectivity index (χ1) is 11.9. The molecule has 2 rings (SSSR count). The van der Waals surface area contributed by atoms with E-state index in [-0.39, 0.29) is 5.41 Å². The zero-order valence-corrected chi connectivity index (χ0v) is 16.8. The Morgan fingerprint density at radius 2 is 2.12 bits per heavy atom. The van der Waals surface area contributed by atoms with Crippen molar-refractivity contribution in [2.75, 3.05) is 39.8 Å². The molecule has 1 fully saturated rings. The van der Waals surface area contributed by atoms with Crippen LogP contribution < -0.4 is 5.32 Å². The molecule has 1 atom stereocenters. The standard InChI is InChI=1S/C19H35N5O/c1-7-23(8-2)13-15-9-10-24(14-15)18(20-6)22-12-17-21-11-16(25-17)19(3,4)5/h11,15H,7-10,12-14H2,1-6H3,(H,20,22). The highest BCUT2D eigenvalue weighted by atomic mass is 16.4. The van der Waals surface area contributed by atoms with Crippen molar-refractivity contribution < 1.29 is 4.42 Å². The largest absolute Gasteiger partial charge is 0.443 e. The molecule has 0 bridgehead atoms. The van der Waals surface area contributed by atoms with Gasteiger partial charge in [0.15, 0.2) is 5.96 Å². The SMILES string of the molecule is CCN(CC)CC1CCN(C(=NC)NCc2ncc(C(C)(C)C)o2)C1. The first kappa shape index (κ1) is 19.8. The lowest BCUT2D eigenvalue weighted by molar-refractivity contribution is 0.255. The van der Waals surface area contributed by atoms with E-state index in [1.165, 1.54) is 13.0 Å². The third-order valence-corrected chi connectivity index (χ3v) is 4.90. The van der Waals surface area contributed by atoms with Crippen molar-refractivity contribution in [3.05, 3.63) is 17.8 Å². The van der Waals surface area contributed by atoms with Gasteiger partial charge in [-0.15, -0.1) is 0 Å². The summed E-state index contributed by atoms with van der Waals surface area (Å²) in [5.74, 6) is 3.29. The minimum atomic E-state index is -0.0144. The lowest BCUT2D eigenvalue weighted by atomic mass is 9.94. The summed E-state index contributed by atoms with van der Waals surface area (Å²) in [6.45, 7) is 17.0. The molecule has 1 N–H and O–H groups in total. The lowest BCUT2D eigenvalue weighted by Crippen LogP contribution is -2.40. The number of rotatable bonds is 6. The molecule has 0 radical (unpaired) electrons. The molecule has 0 amide bonds. The molecule has 142 valence electrons. The number of likely N-dealkylation sites (tertiary alicyclic amines) is 1. The molecule has 2 heterocycles. The van der Waals surface area contributed by atoms with Gasteiger partial charge in [0.25, 0.3) is 0 Å². The fraction of sp³-hybridized carbons (Fsp3) is 0.789. The highest BCUT2D eigenvalue weighted by molar-refractivity contribution is 5.80. The molecule has 6 heteroatoms. The predicted molar refractivity (Wildman–Crippen MR) is 103 cm³/mol. The number of aliphatic imine (C=N–C) groups is 1. The molecule has 25 heavy (non-hydrogen) atoms. The van der Waals surface area contributed by atoms with E-state index in [1.54, 1.807) is 0 Å². The van der Waals surface area contributed by atoms with Crippen LogP contribution in [-0.2, 0) is 12.0 Å². The van der Waals surface area contributed by atoms with Crippen molar-refractivity contribution in [3.63, 3.8) is 0 Å². The van der Waals surface area contributed by atoms with Crippen LogP contribution in [0.4, 0.5) is 0 Å². The van der Waals surface area contributed by atoms with Crippen LogP contribution in [0.2, 0.25) is 0 Å². The highest BCUT2D eigenvalue weighted by Gasteiger charge is 2.26. The van der Waals surface area contributed by atoms with Crippen molar-refractivity contribution in [1.29, 1.82) is 0 Å². The number of nitrogens with one attached hydrogen (secondary N) is 1. The van der Waals surface area contributed by atoms with Crippen molar-refractivity contribution in [2.24, 2.45) is 10.9 Å². The van der Waals surface area contributed by atoms with E-state index in [2.05, 4.69) is 59.7 Å². The second-order valence-corrected chi connectivity index (χ2v) is 7.86. The summed E-state index contributed by atoms with van der Waals surface area (Å²) in [6, 6.07) is 0. The molecule has 1 unspecified atom stereocenters. The van der Waals surface area contributed by atoms with Gasteiger partial charge in [0.05, 0.1) is 12.7 Å². The summed E-state index contributed by atoms with van der Waals surface area (Å²) in [4.78, 5) is 13.7. The van der Waals surface area contributed by atoms with Crippen LogP contribution in [0.5, 0.6) is 0 Å². The van der Waals surface area contributed by atoms with Crippen LogP contribution >= 0.6 is 0 Å². The fourth-order valence-electron chi connectivity index (χ4n) is 3.25. The van der Waals surface area contributed by atoms with Gasteiger partial charge in [0, 0.05) is 32.1 Å². The summed E-state index contributed by atoms with van der Waals surface area (Å²) >= 11 is 0. The molecule has 0 saturated carbocycles. The minimum Gasteiger partial charge on any atom is -0.443 e. The number of hydrogen-bond donors (Lipinski definition) is 1. The Morgan fingerprint density at radius 1 is 1.40 bits per heavy atom. The van der Waals surface area contributed by atoms with Crippen molar-refractivity contribution >= 4 is 5.96 Å². The maximum absolute atomic E-state index is 5.85. The van der Waals surface area contributed by atoms with Crippen molar-refractivity contribution in [1.82, 2.24) is 20.1 Å². The van der Waals surface area contributed by atoms with Gasteiger partial charge in [0.1, 0.15) is 5.76 Å². The number of hydrogen-bond acceptors (Lipinski definition) is 4. The van der Waals surface area contributed by atoms with E-state index < -0.39 is 0 Å². The van der Waals surface area contributed by atoms with Crippen LogP contribution in [-0.4, -0.2) is 60.5 Å². The molecule has 0 spiro atoms. The molecule has 1 aliphatic heterocycles. The summed E-state index contributed by atoms with van der Waals surface area (Å²) in [5, 5.41) is 3.40. The smallest absolute Gasteiger partial charge is 0.213 e. The maximum atomic E-state index is 5.85. The van der Waals surface area contributed by atoms with E-state index in [4.69, 9.17) is 4.42 Å². The van der Waals surface area contributed by atoms with E-state index >= 15 is 0 Å². The Morgan fingerprint density at radius 3 is 2.68 bits per heavy atom.